The van der Waals surface area contributed by atoms with Crippen LogP contribution in [0.4, 0.5) is 11.4 Å². The smallest absolute Gasteiger partial charge is 0.245 e. The molecular weight excluding hydrogens is 415 g/mol. The number of benzene rings is 2. The van der Waals surface area contributed by atoms with Crippen molar-refractivity contribution in [3.05, 3.63) is 46.4 Å². The molecule has 1 amide bonds. The highest BCUT2D eigenvalue weighted by atomic mass is 35.5. The van der Waals surface area contributed by atoms with Crippen molar-refractivity contribution in [1.29, 1.82) is 0 Å². The molecular formula is C17H16Cl2N2O5S. The van der Waals surface area contributed by atoms with Gasteiger partial charge >= 0.3 is 0 Å². The van der Waals surface area contributed by atoms with E-state index in [-0.39, 0.29) is 17.6 Å². The quantitative estimate of drug-likeness (QED) is 0.757. The summed E-state index contributed by atoms with van der Waals surface area (Å²) in [6, 6.07) is 9.28. The highest BCUT2D eigenvalue weighted by molar-refractivity contribution is 7.92. The third-order valence-corrected chi connectivity index (χ3v) is 6.13. The minimum absolute atomic E-state index is 0.0644. The van der Waals surface area contributed by atoms with E-state index in [0.29, 0.717) is 27.9 Å². The Morgan fingerprint density at radius 1 is 1.15 bits per heavy atom. The lowest BCUT2D eigenvalue weighted by Crippen LogP contribution is -2.39. The van der Waals surface area contributed by atoms with Crippen molar-refractivity contribution in [3.8, 4) is 11.5 Å². The van der Waals surface area contributed by atoms with Gasteiger partial charge in [0.25, 0.3) is 0 Å². The summed E-state index contributed by atoms with van der Waals surface area (Å²) >= 11 is 11.9. The number of nitrogens with one attached hydrogen (secondary N) is 1. The van der Waals surface area contributed by atoms with Crippen molar-refractivity contribution in [2.75, 3.05) is 28.7 Å². The maximum Gasteiger partial charge on any atom is 0.245 e. The lowest BCUT2D eigenvalue weighted by Gasteiger charge is -2.23. The van der Waals surface area contributed by atoms with Crippen LogP contribution in [0.5, 0.6) is 11.5 Å². The number of carbonyl (C=O) groups is 1. The molecule has 2 aromatic carbocycles. The highest BCUT2D eigenvalue weighted by Gasteiger charge is 2.26. The van der Waals surface area contributed by atoms with E-state index in [1.54, 1.807) is 24.3 Å². The summed E-state index contributed by atoms with van der Waals surface area (Å²) in [6.07, 6.45) is 0. The number of rotatable bonds is 6. The van der Waals surface area contributed by atoms with Gasteiger partial charge < -0.3 is 14.8 Å². The standard InChI is InChI=1S/C17H16Cl2N2O5S/c1-2-27(23,24)21(12-4-6-15-16(8-12)26-10-25-15)9-17(22)20-14-5-3-11(18)7-13(14)19/h3-8H,2,9-10H2,1H3,(H,20,22). The van der Waals surface area contributed by atoms with Crippen molar-refractivity contribution in [2.24, 2.45) is 0 Å². The minimum atomic E-state index is -3.71. The van der Waals surface area contributed by atoms with E-state index < -0.39 is 22.5 Å². The third-order valence-electron chi connectivity index (χ3n) is 3.84. The molecule has 0 unspecified atom stereocenters. The number of hydrogen-bond acceptors (Lipinski definition) is 5. The molecule has 1 aliphatic rings. The Balaban J connectivity index is 1.85. The molecule has 0 aliphatic carbocycles. The number of fused-ring (bicyclic) bond motifs is 1. The Morgan fingerprint density at radius 3 is 2.59 bits per heavy atom. The minimum Gasteiger partial charge on any atom is -0.454 e. The van der Waals surface area contributed by atoms with Crippen LogP contribution in [0.2, 0.25) is 10.0 Å². The molecule has 0 atom stereocenters. The van der Waals surface area contributed by atoms with Crippen LogP contribution < -0.4 is 19.1 Å². The van der Waals surface area contributed by atoms with E-state index in [0.717, 1.165) is 4.31 Å². The molecule has 0 radical (unpaired) electrons. The molecule has 0 spiro atoms. The lowest BCUT2D eigenvalue weighted by molar-refractivity contribution is -0.114. The summed E-state index contributed by atoms with van der Waals surface area (Å²) in [5.74, 6) is 0.222. The van der Waals surface area contributed by atoms with Crippen LogP contribution in [0.15, 0.2) is 36.4 Å². The van der Waals surface area contributed by atoms with E-state index in [1.165, 1.54) is 19.1 Å². The Morgan fingerprint density at radius 2 is 1.89 bits per heavy atom. The number of halogens is 2. The van der Waals surface area contributed by atoms with Gasteiger partial charge in [0.1, 0.15) is 6.54 Å². The molecule has 144 valence electrons. The van der Waals surface area contributed by atoms with E-state index >= 15 is 0 Å². The molecule has 1 heterocycles. The monoisotopic (exact) mass is 430 g/mol. The first-order chi connectivity index (χ1) is 12.8. The molecule has 7 nitrogen and oxygen atoms in total. The second kappa shape index (κ2) is 7.84. The van der Waals surface area contributed by atoms with Gasteiger partial charge in [-0.15, -0.1) is 0 Å². The molecule has 0 saturated carbocycles. The second-order valence-corrected chi connectivity index (χ2v) is 8.64. The van der Waals surface area contributed by atoms with Crippen LogP contribution in [-0.4, -0.2) is 33.4 Å². The Bertz CT molecular complexity index is 981. The van der Waals surface area contributed by atoms with Crippen molar-refractivity contribution < 1.29 is 22.7 Å². The molecule has 0 bridgehead atoms. The first kappa shape index (κ1) is 19.6. The Labute approximate surface area is 166 Å². The third kappa shape index (κ3) is 4.40. The summed E-state index contributed by atoms with van der Waals surface area (Å²) in [5, 5.41) is 3.27. The average Bonchev–Trinajstić information content (AvgIpc) is 3.09. The number of carbonyl (C=O) groups excluding carboxylic acids is 1. The normalized spacial score (nSPS) is 12.7. The number of ether oxygens (including phenoxy) is 2. The van der Waals surface area contributed by atoms with Gasteiger partial charge in [-0.25, -0.2) is 8.42 Å². The predicted octanol–water partition coefficient (Wildman–Crippen LogP) is 3.52. The van der Waals surface area contributed by atoms with E-state index in [9.17, 15) is 13.2 Å². The van der Waals surface area contributed by atoms with Gasteiger partial charge in [0, 0.05) is 11.1 Å². The molecule has 10 heteroatoms. The Kier molecular flexibility index (Phi) is 5.69. The first-order valence-corrected chi connectivity index (χ1v) is 10.3. The fraction of sp³-hybridized carbons (Fsp3) is 0.235. The largest absolute Gasteiger partial charge is 0.454 e. The molecule has 0 aromatic heterocycles. The van der Waals surface area contributed by atoms with Crippen LogP contribution in [0.3, 0.4) is 0 Å². The maximum absolute atomic E-state index is 12.5. The first-order valence-electron chi connectivity index (χ1n) is 7.95. The van der Waals surface area contributed by atoms with E-state index in [1.807, 2.05) is 0 Å². The second-order valence-electron chi connectivity index (χ2n) is 5.62. The highest BCUT2D eigenvalue weighted by Crippen LogP contribution is 2.36. The fourth-order valence-corrected chi connectivity index (χ4v) is 3.97. The van der Waals surface area contributed by atoms with Crippen LogP contribution in [0, 0.1) is 0 Å². The maximum atomic E-state index is 12.5. The summed E-state index contributed by atoms with van der Waals surface area (Å²) < 4.78 is 36.6. The van der Waals surface area contributed by atoms with Gasteiger partial charge in [-0.3, -0.25) is 9.10 Å². The van der Waals surface area contributed by atoms with Crippen molar-refractivity contribution in [1.82, 2.24) is 0 Å². The fourth-order valence-electron chi connectivity index (χ4n) is 2.46. The number of sulfonamides is 1. The molecule has 0 fully saturated rings. The van der Waals surface area contributed by atoms with Gasteiger partial charge in [-0.05, 0) is 37.3 Å². The molecule has 1 aliphatic heterocycles. The van der Waals surface area contributed by atoms with Gasteiger partial charge in [0.15, 0.2) is 11.5 Å². The average molecular weight is 431 g/mol. The van der Waals surface area contributed by atoms with Crippen molar-refractivity contribution >= 4 is 50.5 Å². The molecule has 2 aromatic rings. The number of anilines is 2. The summed E-state index contributed by atoms with van der Waals surface area (Å²) in [6.45, 7) is 1.15. The van der Waals surface area contributed by atoms with E-state index in [2.05, 4.69) is 5.32 Å². The molecule has 1 N–H and O–H groups in total. The summed E-state index contributed by atoms with van der Waals surface area (Å²) in [4.78, 5) is 12.5. The molecule has 27 heavy (non-hydrogen) atoms. The zero-order valence-electron chi connectivity index (χ0n) is 14.2. The topological polar surface area (TPSA) is 84.9 Å². The SMILES string of the molecule is CCS(=O)(=O)N(CC(=O)Nc1ccc(Cl)cc1Cl)c1ccc2c(c1)OCO2. The predicted molar refractivity (Wildman–Crippen MR) is 104 cm³/mol. The zero-order valence-corrected chi connectivity index (χ0v) is 16.6. The number of nitrogens with zero attached hydrogens (tertiary/aromatic N) is 1. The Hall–Kier alpha value is -2.16. The number of amides is 1. The van der Waals surface area contributed by atoms with E-state index in [4.69, 9.17) is 32.7 Å². The van der Waals surface area contributed by atoms with Crippen molar-refractivity contribution in [2.45, 2.75) is 6.92 Å². The zero-order chi connectivity index (χ0) is 19.6. The van der Waals surface area contributed by atoms with Crippen LogP contribution in [-0.2, 0) is 14.8 Å². The lowest BCUT2D eigenvalue weighted by atomic mass is 10.2. The van der Waals surface area contributed by atoms with Gasteiger partial charge in [-0.1, -0.05) is 23.2 Å². The van der Waals surface area contributed by atoms with Crippen LogP contribution >= 0.6 is 23.2 Å². The number of hydrogen-bond donors (Lipinski definition) is 1. The van der Waals surface area contributed by atoms with Crippen LogP contribution in [0.25, 0.3) is 0 Å². The van der Waals surface area contributed by atoms with Crippen molar-refractivity contribution in [3.63, 3.8) is 0 Å². The van der Waals surface area contributed by atoms with Crippen LogP contribution in [0.1, 0.15) is 6.92 Å². The summed E-state index contributed by atoms with van der Waals surface area (Å²) in [5.41, 5.74) is 0.643. The van der Waals surface area contributed by atoms with Gasteiger partial charge in [0.05, 0.1) is 22.2 Å². The van der Waals surface area contributed by atoms with Gasteiger partial charge in [-0.2, -0.15) is 0 Å². The van der Waals surface area contributed by atoms with Gasteiger partial charge in [0.2, 0.25) is 22.7 Å². The molecule has 3 rings (SSSR count). The summed E-state index contributed by atoms with van der Waals surface area (Å²) in [7, 11) is -3.71. The molecule has 0 saturated heterocycles.